The van der Waals surface area contributed by atoms with Crippen molar-refractivity contribution < 1.29 is 9.53 Å². The smallest absolute Gasteiger partial charge is 0.343 e. The van der Waals surface area contributed by atoms with Gasteiger partial charge < -0.3 is 4.74 Å². The van der Waals surface area contributed by atoms with Gasteiger partial charge in [-0.2, -0.15) is 5.26 Å². The van der Waals surface area contributed by atoms with E-state index in [4.69, 9.17) is 10.00 Å². The minimum atomic E-state index is -0.358. The Hall–Kier alpha value is -2.60. The first-order valence-electron chi connectivity index (χ1n) is 11.0. The van der Waals surface area contributed by atoms with Gasteiger partial charge in [0.1, 0.15) is 5.75 Å². The van der Waals surface area contributed by atoms with Crippen LogP contribution in [0.15, 0.2) is 48.5 Å². The van der Waals surface area contributed by atoms with Crippen LogP contribution in [0.2, 0.25) is 0 Å². The van der Waals surface area contributed by atoms with Crippen LogP contribution in [-0.2, 0) is 0 Å². The number of hydrogen-bond donors (Lipinski definition) is 0. The van der Waals surface area contributed by atoms with Crippen molar-refractivity contribution in [3.8, 4) is 11.8 Å². The van der Waals surface area contributed by atoms with Crippen LogP contribution in [0.25, 0.3) is 0 Å². The maximum absolute atomic E-state index is 12.4. The molecule has 2 fully saturated rings. The first-order chi connectivity index (χ1) is 14.2. The van der Waals surface area contributed by atoms with Crippen molar-refractivity contribution in [1.82, 2.24) is 0 Å². The fourth-order valence-corrected chi connectivity index (χ4v) is 5.31. The number of fused-ring (bicyclic) bond motifs is 1. The number of benzene rings is 2. The van der Waals surface area contributed by atoms with E-state index in [1.807, 2.05) is 12.1 Å². The summed E-state index contributed by atoms with van der Waals surface area (Å²) < 4.78 is 5.43. The van der Waals surface area contributed by atoms with E-state index in [-0.39, 0.29) is 5.97 Å². The van der Waals surface area contributed by atoms with Crippen LogP contribution in [0.3, 0.4) is 0 Å². The Labute approximate surface area is 173 Å². The van der Waals surface area contributed by atoms with Gasteiger partial charge in [-0.1, -0.05) is 31.9 Å². The van der Waals surface area contributed by atoms with E-state index in [2.05, 4.69) is 25.1 Å². The summed E-state index contributed by atoms with van der Waals surface area (Å²) in [6.07, 6.45) is 9.51. The summed E-state index contributed by atoms with van der Waals surface area (Å²) in [5.41, 5.74) is 2.47. The van der Waals surface area contributed by atoms with Gasteiger partial charge in [-0.3, -0.25) is 0 Å². The molecule has 3 nitrogen and oxygen atoms in total. The highest BCUT2D eigenvalue weighted by Crippen LogP contribution is 2.48. The Morgan fingerprint density at radius 1 is 0.966 bits per heavy atom. The number of ether oxygens (including phenoxy) is 1. The van der Waals surface area contributed by atoms with E-state index in [0.717, 1.165) is 17.8 Å². The van der Waals surface area contributed by atoms with Crippen molar-refractivity contribution in [1.29, 1.82) is 5.26 Å². The van der Waals surface area contributed by atoms with E-state index in [1.54, 1.807) is 24.3 Å². The lowest BCUT2D eigenvalue weighted by Crippen LogP contribution is -2.30. The van der Waals surface area contributed by atoms with Crippen LogP contribution in [0.1, 0.15) is 79.3 Å². The molecular weight excluding hydrogens is 358 g/mol. The predicted octanol–water partition coefficient (Wildman–Crippen LogP) is 6.49. The molecular formula is C26H29NO2. The molecule has 2 aromatic rings. The van der Waals surface area contributed by atoms with Crippen LogP contribution < -0.4 is 4.74 Å². The first-order valence-corrected chi connectivity index (χ1v) is 11.0. The van der Waals surface area contributed by atoms with E-state index >= 15 is 0 Å². The summed E-state index contributed by atoms with van der Waals surface area (Å²) in [6, 6.07) is 16.7. The molecule has 0 saturated heterocycles. The van der Waals surface area contributed by atoms with Gasteiger partial charge in [0.05, 0.1) is 17.2 Å². The highest BCUT2D eigenvalue weighted by Gasteiger charge is 2.35. The number of hydrogen-bond acceptors (Lipinski definition) is 3. The third-order valence-electron chi connectivity index (χ3n) is 7.11. The molecule has 2 aromatic carbocycles. The van der Waals surface area contributed by atoms with Gasteiger partial charge in [-0.15, -0.1) is 0 Å². The molecule has 0 aromatic heterocycles. The Bertz CT molecular complexity index is 878. The van der Waals surface area contributed by atoms with Crippen molar-refractivity contribution in [3.05, 3.63) is 65.2 Å². The summed E-state index contributed by atoms with van der Waals surface area (Å²) in [4.78, 5) is 12.4. The standard InChI is InChI=1S/C26H29NO2/c1-2-18-3-6-24-16-23(12-11-22(24)15-18)20-7-9-21(10-8-20)26(28)29-25-13-4-19(17-27)5-14-25/h4-5,7-10,13-14,18,22-24H,2-3,6,11-12,15-16H2,1H3. The molecule has 2 saturated carbocycles. The van der Waals surface area contributed by atoms with Crippen molar-refractivity contribution in [2.24, 2.45) is 17.8 Å². The van der Waals surface area contributed by atoms with E-state index in [1.165, 1.54) is 50.5 Å². The second-order valence-electron chi connectivity index (χ2n) is 8.77. The van der Waals surface area contributed by atoms with Gasteiger partial charge in [0, 0.05) is 0 Å². The summed E-state index contributed by atoms with van der Waals surface area (Å²) in [6.45, 7) is 2.34. The van der Waals surface area contributed by atoms with Crippen molar-refractivity contribution in [3.63, 3.8) is 0 Å². The first kappa shape index (κ1) is 19.7. The number of nitriles is 1. The SMILES string of the molecule is CCC1CCC2CC(c3ccc(C(=O)Oc4ccc(C#N)cc4)cc3)CCC2C1. The lowest BCUT2D eigenvalue weighted by Gasteiger charge is -2.42. The number of nitrogens with zero attached hydrogens (tertiary/aromatic N) is 1. The van der Waals surface area contributed by atoms with Crippen molar-refractivity contribution in [2.45, 2.75) is 57.8 Å². The zero-order valence-corrected chi connectivity index (χ0v) is 17.1. The normalized spacial score (nSPS) is 26.2. The molecule has 4 atom stereocenters. The molecule has 0 heterocycles. The molecule has 4 unspecified atom stereocenters. The number of carbonyl (C=O) groups is 1. The van der Waals surface area contributed by atoms with Crippen LogP contribution in [0.4, 0.5) is 0 Å². The van der Waals surface area contributed by atoms with Crippen molar-refractivity contribution in [2.75, 3.05) is 0 Å². The second kappa shape index (κ2) is 8.82. The largest absolute Gasteiger partial charge is 0.423 e. The fraction of sp³-hybridized carbons (Fsp3) is 0.462. The van der Waals surface area contributed by atoms with Crippen LogP contribution in [0, 0.1) is 29.1 Å². The molecule has 4 rings (SSSR count). The summed E-state index contributed by atoms with van der Waals surface area (Å²) in [5, 5.41) is 8.85. The monoisotopic (exact) mass is 387 g/mol. The Morgan fingerprint density at radius 2 is 1.66 bits per heavy atom. The van der Waals surface area contributed by atoms with Gasteiger partial charge in [0.2, 0.25) is 0 Å². The maximum atomic E-state index is 12.4. The Balaban J connectivity index is 1.36. The van der Waals surface area contributed by atoms with Crippen LogP contribution >= 0.6 is 0 Å². The second-order valence-corrected chi connectivity index (χ2v) is 8.77. The molecule has 0 bridgehead atoms. The highest BCUT2D eigenvalue weighted by molar-refractivity contribution is 5.91. The molecule has 2 aliphatic carbocycles. The van der Waals surface area contributed by atoms with E-state index in [9.17, 15) is 4.79 Å². The molecule has 0 N–H and O–H groups in total. The van der Waals surface area contributed by atoms with Crippen LogP contribution in [0.5, 0.6) is 5.75 Å². The minimum Gasteiger partial charge on any atom is -0.423 e. The number of esters is 1. The zero-order valence-electron chi connectivity index (χ0n) is 17.1. The third-order valence-corrected chi connectivity index (χ3v) is 7.11. The Kier molecular flexibility index (Phi) is 6.00. The van der Waals surface area contributed by atoms with Gasteiger partial charge in [-0.05, 0) is 97.7 Å². The molecule has 0 radical (unpaired) electrons. The molecule has 3 heteroatoms. The highest BCUT2D eigenvalue weighted by atomic mass is 16.5. The molecule has 0 spiro atoms. The molecule has 29 heavy (non-hydrogen) atoms. The van der Waals surface area contributed by atoms with Gasteiger partial charge in [0.25, 0.3) is 0 Å². The van der Waals surface area contributed by atoms with E-state index in [0.29, 0.717) is 22.8 Å². The zero-order chi connectivity index (χ0) is 20.2. The average molecular weight is 388 g/mol. The lowest BCUT2D eigenvalue weighted by molar-refractivity contribution is 0.0734. The lowest BCUT2D eigenvalue weighted by atomic mass is 9.63. The summed E-state index contributed by atoms with van der Waals surface area (Å²) in [7, 11) is 0. The quantitative estimate of drug-likeness (QED) is 0.445. The summed E-state index contributed by atoms with van der Waals surface area (Å²) in [5.74, 6) is 3.50. The van der Waals surface area contributed by atoms with E-state index < -0.39 is 0 Å². The van der Waals surface area contributed by atoms with Crippen molar-refractivity contribution >= 4 is 5.97 Å². The average Bonchev–Trinajstić information content (AvgIpc) is 2.79. The molecule has 0 aliphatic heterocycles. The van der Waals surface area contributed by atoms with Gasteiger partial charge >= 0.3 is 5.97 Å². The third kappa shape index (κ3) is 4.53. The molecule has 2 aliphatic rings. The maximum Gasteiger partial charge on any atom is 0.343 e. The van der Waals surface area contributed by atoms with Gasteiger partial charge in [-0.25, -0.2) is 4.79 Å². The summed E-state index contributed by atoms with van der Waals surface area (Å²) >= 11 is 0. The minimum absolute atomic E-state index is 0.358. The molecule has 150 valence electrons. The van der Waals surface area contributed by atoms with Crippen LogP contribution in [-0.4, -0.2) is 5.97 Å². The number of rotatable bonds is 4. The fourth-order valence-electron chi connectivity index (χ4n) is 5.31. The topological polar surface area (TPSA) is 50.1 Å². The Morgan fingerprint density at radius 3 is 2.34 bits per heavy atom. The number of carbonyl (C=O) groups excluding carboxylic acids is 1. The predicted molar refractivity (Wildman–Crippen MR) is 114 cm³/mol. The molecule has 0 amide bonds. The van der Waals surface area contributed by atoms with Gasteiger partial charge in [0.15, 0.2) is 0 Å².